The maximum absolute atomic E-state index is 12.5. The Kier molecular flexibility index (Phi) is 4.87. The number of rotatable bonds is 4. The number of carbonyl (C=O) groups is 1. The molecule has 25 heavy (non-hydrogen) atoms. The number of amides is 1. The van der Waals surface area contributed by atoms with Crippen molar-refractivity contribution >= 4 is 37.3 Å². The highest BCUT2D eigenvalue weighted by atomic mass is 32.2. The van der Waals surface area contributed by atoms with Gasteiger partial charge in [-0.3, -0.25) is 4.79 Å². The Morgan fingerprint density at radius 3 is 2.40 bits per heavy atom. The second-order valence-corrected chi connectivity index (χ2v) is 8.73. The van der Waals surface area contributed by atoms with E-state index in [0.29, 0.717) is 16.9 Å². The lowest BCUT2D eigenvalue weighted by Gasteiger charge is -2.02. The maximum atomic E-state index is 12.5. The fraction of sp³-hybridized carbons (Fsp3) is 0.222. The van der Waals surface area contributed by atoms with Crippen molar-refractivity contribution in [2.24, 2.45) is 4.99 Å². The van der Waals surface area contributed by atoms with Crippen LogP contribution in [-0.2, 0) is 16.4 Å². The highest BCUT2D eigenvalue weighted by molar-refractivity contribution is 7.91. The SMILES string of the molecule is CCn1c(=NC(=O)c2ccc(S(=O)(=O)CC)cc2)sc2ccccc21. The van der Waals surface area contributed by atoms with Crippen LogP contribution in [0.25, 0.3) is 10.2 Å². The summed E-state index contributed by atoms with van der Waals surface area (Å²) in [4.78, 5) is 17.6. The monoisotopic (exact) mass is 374 g/mol. The number of para-hydroxylation sites is 1. The van der Waals surface area contributed by atoms with Gasteiger partial charge < -0.3 is 4.57 Å². The molecule has 0 aliphatic rings. The number of fused-ring (bicyclic) bond motifs is 1. The molecule has 0 saturated carbocycles. The lowest BCUT2D eigenvalue weighted by Crippen LogP contribution is -2.15. The second-order valence-electron chi connectivity index (χ2n) is 5.44. The van der Waals surface area contributed by atoms with Crippen LogP contribution in [-0.4, -0.2) is 24.6 Å². The van der Waals surface area contributed by atoms with Gasteiger partial charge in [0.25, 0.3) is 5.91 Å². The van der Waals surface area contributed by atoms with Crippen LogP contribution in [0.4, 0.5) is 0 Å². The molecule has 5 nitrogen and oxygen atoms in total. The molecular weight excluding hydrogens is 356 g/mol. The molecule has 1 heterocycles. The number of benzene rings is 2. The molecular formula is C18H18N2O3S2. The van der Waals surface area contributed by atoms with Gasteiger partial charge in [-0.05, 0) is 43.3 Å². The highest BCUT2D eigenvalue weighted by Crippen LogP contribution is 2.17. The van der Waals surface area contributed by atoms with E-state index < -0.39 is 9.84 Å². The zero-order valence-electron chi connectivity index (χ0n) is 14.0. The fourth-order valence-electron chi connectivity index (χ4n) is 2.53. The minimum atomic E-state index is -3.27. The number of aromatic nitrogens is 1. The molecule has 0 aliphatic carbocycles. The largest absolute Gasteiger partial charge is 0.317 e. The Morgan fingerprint density at radius 2 is 1.76 bits per heavy atom. The smallest absolute Gasteiger partial charge is 0.279 e. The van der Waals surface area contributed by atoms with Crippen LogP contribution in [0.5, 0.6) is 0 Å². The zero-order valence-corrected chi connectivity index (χ0v) is 15.6. The van der Waals surface area contributed by atoms with Crippen LogP contribution >= 0.6 is 11.3 Å². The normalized spacial score (nSPS) is 12.6. The van der Waals surface area contributed by atoms with Gasteiger partial charge >= 0.3 is 0 Å². The van der Waals surface area contributed by atoms with E-state index >= 15 is 0 Å². The van der Waals surface area contributed by atoms with Crippen molar-refractivity contribution in [3.63, 3.8) is 0 Å². The summed E-state index contributed by atoms with van der Waals surface area (Å²) in [6, 6.07) is 13.9. The first kappa shape index (κ1) is 17.6. The van der Waals surface area contributed by atoms with Gasteiger partial charge in [-0.2, -0.15) is 4.99 Å². The molecule has 0 fully saturated rings. The molecule has 0 spiro atoms. The van der Waals surface area contributed by atoms with Crippen LogP contribution in [0.15, 0.2) is 58.4 Å². The lowest BCUT2D eigenvalue weighted by molar-refractivity contribution is 0.0997. The number of hydrogen-bond acceptors (Lipinski definition) is 4. The predicted octanol–water partition coefficient (Wildman–Crippen LogP) is 3.26. The quantitative estimate of drug-likeness (QED) is 0.704. The first-order chi connectivity index (χ1) is 12.0. The van der Waals surface area contributed by atoms with Crippen LogP contribution in [0.3, 0.4) is 0 Å². The molecule has 0 bridgehead atoms. The molecule has 130 valence electrons. The highest BCUT2D eigenvalue weighted by Gasteiger charge is 2.13. The molecule has 2 aromatic carbocycles. The van der Waals surface area contributed by atoms with E-state index in [0.717, 1.165) is 10.2 Å². The molecule has 3 rings (SSSR count). The van der Waals surface area contributed by atoms with Gasteiger partial charge in [0.05, 0.1) is 20.9 Å². The lowest BCUT2D eigenvalue weighted by atomic mass is 10.2. The molecule has 0 aliphatic heterocycles. The Balaban J connectivity index is 2.01. The van der Waals surface area contributed by atoms with Crippen LogP contribution < -0.4 is 4.80 Å². The fourth-order valence-corrected chi connectivity index (χ4v) is 4.51. The molecule has 0 atom stereocenters. The van der Waals surface area contributed by atoms with Gasteiger partial charge in [-0.1, -0.05) is 30.4 Å². The number of thiazole rings is 1. The van der Waals surface area contributed by atoms with E-state index in [1.165, 1.54) is 35.6 Å². The molecule has 1 aromatic heterocycles. The van der Waals surface area contributed by atoms with Crippen LogP contribution in [0, 0.1) is 0 Å². The van der Waals surface area contributed by atoms with Gasteiger partial charge in [-0.15, -0.1) is 0 Å². The van der Waals surface area contributed by atoms with Gasteiger partial charge in [0, 0.05) is 12.1 Å². The van der Waals surface area contributed by atoms with E-state index in [-0.39, 0.29) is 16.6 Å². The minimum Gasteiger partial charge on any atom is -0.317 e. The summed E-state index contributed by atoms with van der Waals surface area (Å²) in [7, 11) is -3.27. The Labute approximate surface area is 150 Å². The summed E-state index contributed by atoms with van der Waals surface area (Å²) in [5.74, 6) is -0.350. The molecule has 1 amide bonds. The van der Waals surface area contributed by atoms with Crippen molar-refractivity contribution in [1.29, 1.82) is 0 Å². The Hall–Kier alpha value is -2.25. The summed E-state index contributed by atoms with van der Waals surface area (Å²) in [6.07, 6.45) is 0. The van der Waals surface area contributed by atoms with Crippen molar-refractivity contribution in [2.75, 3.05) is 5.75 Å². The van der Waals surface area contributed by atoms with E-state index in [1.54, 1.807) is 6.92 Å². The number of nitrogens with zero attached hydrogens (tertiary/aromatic N) is 2. The van der Waals surface area contributed by atoms with Gasteiger partial charge in [-0.25, -0.2) is 8.42 Å². The van der Waals surface area contributed by atoms with Crippen LogP contribution in [0.1, 0.15) is 24.2 Å². The van der Waals surface area contributed by atoms with Crippen molar-refractivity contribution in [1.82, 2.24) is 4.57 Å². The van der Waals surface area contributed by atoms with E-state index in [9.17, 15) is 13.2 Å². The predicted molar refractivity (Wildman–Crippen MR) is 99.6 cm³/mol. The number of aryl methyl sites for hydroxylation is 1. The third-order valence-corrected chi connectivity index (χ3v) is 6.75. The third-order valence-electron chi connectivity index (χ3n) is 3.94. The molecule has 0 radical (unpaired) electrons. The van der Waals surface area contributed by atoms with E-state index in [4.69, 9.17) is 0 Å². The second kappa shape index (κ2) is 6.93. The summed E-state index contributed by atoms with van der Waals surface area (Å²) in [6.45, 7) is 4.31. The van der Waals surface area contributed by atoms with Crippen molar-refractivity contribution in [3.8, 4) is 0 Å². The molecule has 7 heteroatoms. The summed E-state index contributed by atoms with van der Waals surface area (Å²) >= 11 is 1.46. The van der Waals surface area contributed by atoms with E-state index in [2.05, 4.69) is 4.99 Å². The van der Waals surface area contributed by atoms with Gasteiger partial charge in [0.2, 0.25) is 0 Å². The third kappa shape index (κ3) is 3.43. The van der Waals surface area contributed by atoms with Crippen molar-refractivity contribution in [2.45, 2.75) is 25.3 Å². The number of hydrogen-bond donors (Lipinski definition) is 0. The topological polar surface area (TPSA) is 68.5 Å². The number of sulfone groups is 1. The zero-order chi connectivity index (χ0) is 18.0. The van der Waals surface area contributed by atoms with Crippen molar-refractivity contribution < 1.29 is 13.2 Å². The average molecular weight is 374 g/mol. The maximum Gasteiger partial charge on any atom is 0.279 e. The Morgan fingerprint density at radius 1 is 1.08 bits per heavy atom. The van der Waals surface area contributed by atoms with Crippen LogP contribution in [0.2, 0.25) is 0 Å². The molecule has 0 unspecified atom stereocenters. The van der Waals surface area contributed by atoms with Gasteiger partial charge in [0.1, 0.15) is 0 Å². The van der Waals surface area contributed by atoms with Crippen molar-refractivity contribution in [3.05, 3.63) is 58.9 Å². The summed E-state index contributed by atoms with van der Waals surface area (Å²) in [5, 5.41) is 0. The molecule has 0 N–H and O–H groups in total. The standard InChI is InChI=1S/C18H18N2O3S2/c1-3-20-15-7-5-6-8-16(15)24-18(20)19-17(21)13-9-11-14(12-10-13)25(22,23)4-2/h5-12H,3-4H2,1-2H3. The van der Waals surface area contributed by atoms with E-state index in [1.807, 2.05) is 35.8 Å². The summed E-state index contributed by atoms with van der Waals surface area (Å²) in [5.41, 5.74) is 1.42. The van der Waals surface area contributed by atoms with Gasteiger partial charge in [0.15, 0.2) is 14.6 Å². The minimum absolute atomic E-state index is 0.0307. The average Bonchev–Trinajstić information content (AvgIpc) is 2.98. The molecule has 3 aromatic rings. The Bertz CT molecular complexity index is 1090. The number of carbonyl (C=O) groups excluding carboxylic acids is 1. The molecule has 0 saturated heterocycles. The first-order valence-electron chi connectivity index (χ1n) is 7.96. The summed E-state index contributed by atoms with van der Waals surface area (Å²) < 4.78 is 26.8. The first-order valence-corrected chi connectivity index (χ1v) is 10.4.